The van der Waals surface area contributed by atoms with E-state index in [0.29, 0.717) is 16.9 Å². The van der Waals surface area contributed by atoms with Crippen molar-refractivity contribution in [3.05, 3.63) is 64.7 Å². The lowest BCUT2D eigenvalue weighted by Crippen LogP contribution is -2.41. The average molecular weight is 574 g/mol. The van der Waals surface area contributed by atoms with Gasteiger partial charge in [0.1, 0.15) is 17.7 Å². The number of aliphatic imine (C=N–C) groups is 1. The Morgan fingerprint density at radius 2 is 2.03 bits per heavy atom. The van der Waals surface area contributed by atoms with Gasteiger partial charge in [-0.25, -0.2) is 8.42 Å². The summed E-state index contributed by atoms with van der Waals surface area (Å²) in [6.45, 7) is 2.50. The number of hydrogen-bond donors (Lipinski definition) is 3. The molecule has 1 fully saturated rings. The number of carboxylic acids is 1. The van der Waals surface area contributed by atoms with Crippen molar-refractivity contribution in [2.24, 2.45) is 10.7 Å². The highest BCUT2D eigenvalue weighted by atomic mass is 35.5. The summed E-state index contributed by atoms with van der Waals surface area (Å²) in [4.78, 5) is 18.2. The van der Waals surface area contributed by atoms with E-state index in [0.717, 1.165) is 49.6 Å². The average Bonchev–Trinajstić information content (AvgIpc) is 3.43. The topological polar surface area (TPSA) is 149 Å². The molecular formula is C27H32ClN5O5S. The minimum Gasteiger partial charge on any atom is -0.489 e. The standard InChI is InChI=1S/C27H32ClN5O5S/c28-23-17-21(8-9-24(23)38-22-10-14-32(15-11-22)25-7-2-12-31-25)33(39(36,37)18-26(34)35)13-3-5-19-4-1-6-20(16-19)27(29)30/h1,3-6,8-9,16-17,22H,2,7,10-15,18H2,(H3,29,30)(H,34,35)/b5-3+. The number of hydrogen-bond acceptors (Lipinski definition) is 7. The second-order valence-electron chi connectivity index (χ2n) is 9.44. The van der Waals surface area contributed by atoms with E-state index >= 15 is 0 Å². The summed E-state index contributed by atoms with van der Waals surface area (Å²) in [6.07, 6.45) is 7.04. The molecule has 0 saturated carbocycles. The predicted molar refractivity (Wildman–Crippen MR) is 153 cm³/mol. The molecule has 10 nitrogen and oxygen atoms in total. The van der Waals surface area contributed by atoms with Gasteiger partial charge in [-0.05, 0) is 36.2 Å². The minimum atomic E-state index is -4.21. The number of halogens is 1. The van der Waals surface area contributed by atoms with Gasteiger partial charge in [0.05, 0.1) is 23.1 Å². The molecule has 0 atom stereocenters. The fourth-order valence-corrected chi connectivity index (χ4v) is 6.08. The molecule has 1 saturated heterocycles. The smallest absolute Gasteiger partial charge is 0.320 e. The lowest BCUT2D eigenvalue weighted by molar-refractivity contribution is -0.134. The molecule has 2 aromatic carbocycles. The summed E-state index contributed by atoms with van der Waals surface area (Å²) in [7, 11) is -4.21. The molecule has 2 aliphatic heterocycles. The molecular weight excluding hydrogens is 542 g/mol. The van der Waals surface area contributed by atoms with Crippen LogP contribution < -0.4 is 14.8 Å². The Bertz CT molecular complexity index is 1390. The lowest BCUT2D eigenvalue weighted by atomic mass is 10.1. The van der Waals surface area contributed by atoms with E-state index in [-0.39, 0.29) is 29.2 Å². The first-order chi connectivity index (χ1) is 18.6. The second kappa shape index (κ2) is 12.5. The van der Waals surface area contributed by atoms with E-state index < -0.39 is 21.7 Å². The van der Waals surface area contributed by atoms with Crippen molar-refractivity contribution >= 4 is 51.0 Å². The highest BCUT2D eigenvalue weighted by Crippen LogP contribution is 2.33. The summed E-state index contributed by atoms with van der Waals surface area (Å²) in [5.74, 6) is -0.982. The SMILES string of the molecule is N=C(N)c1cccc(/C=C/CN(c2ccc(OC3CCN(C4=NCCC4)CC3)c(Cl)c2)S(=O)(=O)CC(=O)O)c1. The molecule has 208 valence electrons. The second-order valence-corrected chi connectivity index (χ2v) is 11.7. The summed E-state index contributed by atoms with van der Waals surface area (Å²) in [6, 6.07) is 11.6. The Kier molecular flexibility index (Phi) is 9.13. The Balaban J connectivity index is 1.47. The lowest BCUT2D eigenvalue weighted by Gasteiger charge is -2.33. The molecule has 0 aliphatic carbocycles. The van der Waals surface area contributed by atoms with Gasteiger partial charge < -0.3 is 20.5 Å². The van der Waals surface area contributed by atoms with Gasteiger partial charge in [-0.15, -0.1) is 0 Å². The highest BCUT2D eigenvalue weighted by Gasteiger charge is 2.27. The molecule has 4 N–H and O–H groups in total. The normalized spacial score (nSPS) is 16.3. The zero-order valence-electron chi connectivity index (χ0n) is 21.4. The van der Waals surface area contributed by atoms with Crippen molar-refractivity contribution in [1.29, 1.82) is 5.41 Å². The van der Waals surface area contributed by atoms with E-state index in [1.54, 1.807) is 48.6 Å². The zero-order chi connectivity index (χ0) is 28.0. The number of rotatable bonds is 10. The molecule has 12 heteroatoms. The summed E-state index contributed by atoms with van der Waals surface area (Å²) >= 11 is 6.52. The Labute approximate surface area is 233 Å². The van der Waals surface area contributed by atoms with Crippen molar-refractivity contribution in [1.82, 2.24) is 4.90 Å². The van der Waals surface area contributed by atoms with Gasteiger partial charge in [-0.3, -0.25) is 19.5 Å². The quantitative estimate of drug-likeness (QED) is 0.290. The number of piperidine rings is 1. The van der Waals surface area contributed by atoms with E-state index in [4.69, 9.17) is 27.5 Å². The number of carboxylic acid groups (broad SMARTS) is 1. The van der Waals surface area contributed by atoms with Crippen molar-refractivity contribution in [3.8, 4) is 5.75 Å². The van der Waals surface area contributed by atoms with Crippen LogP contribution in [-0.2, 0) is 14.8 Å². The molecule has 2 aromatic rings. The van der Waals surface area contributed by atoms with Crippen LogP contribution in [0.3, 0.4) is 0 Å². The minimum absolute atomic E-state index is 0.0212. The van der Waals surface area contributed by atoms with E-state index in [1.807, 2.05) is 0 Å². The van der Waals surface area contributed by atoms with Crippen molar-refractivity contribution in [2.45, 2.75) is 31.8 Å². The van der Waals surface area contributed by atoms with Gasteiger partial charge >= 0.3 is 5.97 Å². The summed E-state index contributed by atoms with van der Waals surface area (Å²) in [5, 5.41) is 17.0. The number of nitrogens with two attached hydrogens (primary N) is 1. The third-order valence-electron chi connectivity index (χ3n) is 6.58. The van der Waals surface area contributed by atoms with Crippen molar-refractivity contribution in [2.75, 3.05) is 36.2 Å². The number of amidine groups is 2. The number of benzene rings is 2. The largest absolute Gasteiger partial charge is 0.489 e. The molecule has 0 radical (unpaired) electrons. The van der Waals surface area contributed by atoms with Crippen LogP contribution in [0.15, 0.2) is 53.5 Å². The molecule has 0 unspecified atom stereocenters. The maximum atomic E-state index is 13.0. The number of nitrogens with zero attached hydrogens (tertiary/aromatic N) is 3. The predicted octanol–water partition coefficient (Wildman–Crippen LogP) is 3.59. The van der Waals surface area contributed by atoms with Crippen LogP contribution in [0.2, 0.25) is 5.02 Å². The molecule has 39 heavy (non-hydrogen) atoms. The fourth-order valence-electron chi connectivity index (χ4n) is 4.64. The number of aliphatic carboxylic acids is 1. The monoisotopic (exact) mass is 573 g/mol. The first kappa shape index (κ1) is 28.4. The summed E-state index contributed by atoms with van der Waals surface area (Å²) < 4.78 is 33.1. The van der Waals surface area contributed by atoms with Crippen LogP contribution in [0.25, 0.3) is 6.08 Å². The highest BCUT2D eigenvalue weighted by molar-refractivity contribution is 7.93. The molecule has 0 aromatic heterocycles. The number of nitrogens with one attached hydrogen (secondary N) is 1. The molecule has 0 amide bonds. The van der Waals surface area contributed by atoms with Gasteiger partial charge in [0.25, 0.3) is 0 Å². The van der Waals surface area contributed by atoms with Crippen LogP contribution in [0.5, 0.6) is 5.75 Å². The number of likely N-dealkylation sites (tertiary alicyclic amines) is 1. The Morgan fingerprint density at radius 1 is 1.26 bits per heavy atom. The van der Waals surface area contributed by atoms with Crippen LogP contribution in [-0.4, -0.2) is 74.1 Å². The molecule has 4 rings (SSSR count). The number of nitrogen functional groups attached to an aromatic ring is 1. The first-order valence-electron chi connectivity index (χ1n) is 12.7. The number of ether oxygens (including phenoxy) is 1. The van der Waals surface area contributed by atoms with Crippen LogP contribution in [0.1, 0.15) is 36.8 Å². The summed E-state index contributed by atoms with van der Waals surface area (Å²) in [5.41, 5.74) is 7.02. The van der Waals surface area contributed by atoms with E-state index in [2.05, 4.69) is 9.89 Å². The Morgan fingerprint density at radius 3 is 2.67 bits per heavy atom. The van der Waals surface area contributed by atoms with Crippen molar-refractivity contribution < 1.29 is 23.1 Å². The number of anilines is 1. The zero-order valence-corrected chi connectivity index (χ0v) is 23.0. The number of carbonyl (C=O) groups is 1. The molecule has 0 spiro atoms. The molecule has 2 aliphatic rings. The van der Waals surface area contributed by atoms with Crippen LogP contribution in [0.4, 0.5) is 5.69 Å². The van der Waals surface area contributed by atoms with Gasteiger partial charge in [-0.2, -0.15) is 0 Å². The Hall–Kier alpha value is -3.57. The first-order valence-corrected chi connectivity index (χ1v) is 14.7. The maximum absolute atomic E-state index is 13.0. The maximum Gasteiger partial charge on any atom is 0.320 e. The molecule has 2 heterocycles. The molecule has 0 bridgehead atoms. The van der Waals surface area contributed by atoms with Gasteiger partial charge in [0, 0.05) is 44.5 Å². The van der Waals surface area contributed by atoms with E-state index in [9.17, 15) is 18.3 Å². The van der Waals surface area contributed by atoms with E-state index in [1.165, 1.54) is 11.9 Å². The van der Waals surface area contributed by atoms with Crippen LogP contribution >= 0.6 is 11.6 Å². The third kappa shape index (κ3) is 7.51. The van der Waals surface area contributed by atoms with Crippen LogP contribution in [0, 0.1) is 5.41 Å². The fraction of sp³-hybridized carbons (Fsp3) is 0.370. The number of sulfonamides is 1. The van der Waals surface area contributed by atoms with Gasteiger partial charge in [0.2, 0.25) is 10.0 Å². The van der Waals surface area contributed by atoms with Gasteiger partial charge in [-0.1, -0.05) is 42.0 Å². The third-order valence-corrected chi connectivity index (χ3v) is 8.52. The van der Waals surface area contributed by atoms with Crippen molar-refractivity contribution in [3.63, 3.8) is 0 Å². The van der Waals surface area contributed by atoms with Gasteiger partial charge in [0.15, 0.2) is 5.75 Å².